The maximum absolute atomic E-state index is 12.1. The maximum atomic E-state index is 12.1. The van der Waals surface area contributed by atoms with Crippen molar-refractivity contribution in [1.82, 2.24) is 4.98 Å². The van der Waals surface area contributed by atoms with E-state index in [0.29, 0.717) is 34.0 Å². The summed E-state index contributed by atoms with van der Waals surface area (Å²) in [5.41, 5.74) is 2.62. The fourth-order valence-electron chi connectivity index (χ4n) is 2.40. The van der Waals surface area contributed by atoms with E-state index in [1.165, 1.54) is 6.92 Å². The third-order valence-electron chi connectivity index (χ3n) is 3.81. The van der Waals surface area contributed by atoms with Gasteiger partial charge in [0.05, 0.1) is 0 Å². The van der Waals surface area contributed by atoms with Gasteiger partial charge in [0.15, 0.2) is 23.9 Å². The lowest BCUT2D eigenvalue weighted by atomic mass is 10.1. The first kappa shape index (κ1) is 17.7. The Balaban J connectivity index is 1.60. The number of hydrogen-bond donors (Lipinski definition) is 1. The number of aromatic nitrogens is 1. The molecule has 0 radical (unpaired) electrons. The Morgan fingerprint density at radius 3 is 2.54 bits per heavy atom. The number of fused-ring (bicyclic) bond motifs is 1. The first-order chi connectivity index (χ1) is 12.4. The van der Waals surface area contributed by atoms with Gasteiger partial charge in [0.25, 0.3) is 5.91 Å². The molecule has 0 bridgehead atoms. The average molecular weight is 352 g/mol. The summed E-state index contributed by atoms with van der Waals surface area (Å²) in [6, 6.07) is 12.0. The highest BCUT2D eigenvalue weighted by molar-refractivity contribution is 5.94. The van der Waals surface area contributed by atoms with E-state index in [1.807, 2.05) is 13.8 Å². The van der Waals surface area contributed by atoms with Gasteiger partial charge in [-0.05, 0) is 49.4 Å². The van der Waals surface area contributed by atoms with E-state index < -0.39 is 0 Å². The van der Waals surface area contributed by atoms with Crippen LogP contribution in [0.25, 0.3) is 11.1 Å². The van der Waals surface area contributed by atoms with Crippen LogP contribution in [0.4, 0.5) is 5.69 Å². The molecule has 0 aliphatic carbocycles. The summed E-state index contributed by atoms with van der Waals surface area (Å²) >= 11 is 0. The second kappa shape index (κ2) is 7.39. The number of nitrogens with one attached hydrogen (secondary N) is 1. The van der Waals surface area contributed by atoms with E-state index in [1.54, 1.807) is 42.5 Å². The van der Waals surface area contributed by atoms with Crippen LogP contribution >= 0.6 is 0 Å². The van der Waals surface area contributed by atoms with Gasteiger partial charge in [-0.25, -0.2) is 4.98 Å². The molecule has 0 aliphatic heterocycles. The minimum atomic E-state index is -0.285. The number of carbonyl (C=O) groups excluding carboxylic acids is 2. The van der Waals surface area contributed by atoms with Crippen LogP contribution < -0.4 is 10.1 Å². The number of oxazole rings is 1. The third kappa shape index (κ3) is 4.08. The van der Waals surface area contributed by atoms with Gasteiger partial charge in [-0.1, -0.05) is 13.8 Å². The van der Waals surface area contributed by atoms with Crippen molar-refractivity contribution >= 4 is 28.5 Å². The summed E-state index contributed by atoms with van der Waals surface area (Å²) in [5.74, 6) is 1.09. The molecule has 2 aromatic carbocycles. The summed E-state index contributed by atoms with van der Waals surface area (Å²) in [6.45, 7) is 5.38. The van der Waals surface area contributed by atoms with Crippen LogP contribution in [0.15, 0.2) is 46.9 Å². The van der Waals surface area contributed by atoms with Crippen molar-refractivity contribution in [3.05, 3.63) is 53.9 Å². The number of anilines is 1. The number of amides is 1. The van der Waals surface area contributed by atoms with E-state index >= 15 is 0 Å². The topological polar surface area (TPSA) is 81.4 Å². The number of Topliss-reactive ketones (excluding diaryl/α,β-unsaturated/α-hetero) is 1. The minimum Gasteiger partial charge on any atom is -0.484 e. The van der Waals surface area contributed by atoms with Crippen molar-refractivity contribution in [2.45, 2.75) is 26.7 Å². The molecule has 3 aromatic rings. The van der Waals surface area contributed by atoms with Gasteiger partial charge in [0, 0.05) is 17.2 Å². The van der Waals surface area contributed by atoms with E-state index in [-0.39, 0.29) is 24.2 Å². The summed E-state index contributed by atoms with van der Waals surface area (Å²) < 4.78 is 11.1. The van der Waals surface area contributed by atoms with Crippen molar-refractivity contribution in [3.63, 3.8) is 0 Å². The number of benzene rings is 2. The highest BCUT2D eigenvalue weighted by atomic mass is 16.5. The molecule has 1 amide bonds. The average Bonchev–Trinajstić information content (AvgIpc) is 3.04. The number of carbonyl (C=O) groups is 2. The number of ether oxygens (including phenoxy) is 1. The lowest BCUT2D eigenvalue weighted by Crippen LogP contribution is -2.20. The van der Waals surface area contributed by atoms with Crippen LogP contribution in [0.2, 0.25) is 0 Å². The molecular formula is C20H20N2O4. The maximum Gasteiger partial charge on any atom is 0.262 e. The lowest BCUT2D eigenvalue weighted by Gasteiger charge is -2.07. The molecule has 0 saturated carbocycles. The molecule has 1 aromatic heterocycles. The molecule has 6 nitrogen and oxygen atoms in total. The molecule has 1 N–H and O–H groups in total. The van der Waals surface area contributed by atoms with E-state index in [2.05, 4.69) is 10.3 Å². The Morgan fingerprint density at radius 1 is 1.15 bits per heavy atom. The quantitative estimate of drug-likeness (QED) is 0.673. The smallest absolute Gasteiger partial charge is 0.262 e. The van der Waals surface area contributed by atoms with E-state index in [0.717, 1.165) is 0 Å². The van der Waals surface area contributed by atoms with Gasteiger partial charge in [-0.3, -0.25) is 9.59 Å². The number of rotatable bonds is 6. The van der Waals surface area contributed by atoms with E-state index in [9.17, 15) is 9.59 Å². The zero-order valence-electron chi connectivity index (χ0n) is 14.9. The van der Waals surface area contributed by atoms with Crippen LogP contribution in [0.5, 0.6) is 5.75 Å². The number of ketones is 1. The fourth-order valence-corrected chi connectivity index (χ4v) is 2.40. The number of hydrogen-bond acceptors (Lipinski definition) is 5. The first-order valence-electron chi connectivity index (χ1n) is 8.36. The zero-order valence-corrected chi connectivity index (χ0v) is 14.9. The fraction of sp³-hybridized carbons (Fsp3) is 0.250. The summed E-state index contributed by atoms with van der Waals surface area (Å²) in [5, 5.41) is 2.77. The molecule has 0 fully saturated rings. The second-order valence-electron chi connectivity index (χ2n) is 6.31. The predicted molar refractivity (Wildman–Crippen MR) is 98.7 cm³/mol. The Hall–Kier alpha value is -3.15. The van der Waals surface area contributed by atoms with Gasteiger partial charge >= 0.3 is 0 Å². The summed E-state index contributed by atoms with van der Waals surface area (Å²) in [7, 11) is 0. The summed E-state index contributed by atoms with van der Waals surface area (Å²) in [6.07, 6.45) is 0. The molecule has 0 saturated heterocycles. The van der Waals surface area contributed by atoms with Crippen LogP contribution in [0.1, 0.15) is 42.9 Å². The summed E-state index contributed by atoms with van der Waals surface area (Å²) in [4.78, 5) is 27.7. The first-order valence-corrected chi connectivity index (χ1v) is 8.36. The zero-order chi connectivity index (χ0) is 18.7. The van der Waals surface area contributed by atoms with Gasteiger partial charge < -0.3 is 14.5 Å². The molecule has 6 heteroatoms. The molecule has 1 heterocycles. The molecule has 0 unspecified atom stereocenters. The van der Waals surface area contributed by atoms with Crippen molar-refractivity contribution < 1.29 is 18.7 Å². The van der Waals surface area contributed by atoms with Gasteiger partial charge in [0.2, 0.25) is 0 Å². The van der Waals surface area contributed by atoms with Crippen molar-refractivity contribution in [1.29, 1.82) is 0 Å². The molecule has 26 heavy (non-hydrogen) atoms. The minimum absolute atomic E-state index is 0.0156. The van der Waals surface area contributed by atoms with Gasteiger partial charge in [-0.15, -0.1) is 0 Å². The Bertz CT molecular complexity index is 942. The molecule has 0 spiro atoms. The third-order valence-corrected chi connectivity index (χ3v) is 3.81. The second-order valence-corrected chi connectivity index (χ2v) is 6.31. The van der Waals surface area contributed by atoms with Crippen LogP contribution in [0.3, 0.4) is 0 Å². The van der Waals surface area contributed by atoms with Gasteiger partial charge in [-0.2, -0.15) is 0 Å². The monoisotopic (exact) mass is 352 g/mol. The van der Waals surface area contributed by atoms with Crippen molar-refractivity contribution in [3.8, 4) is 5.75 Å². The largest absolute Gasteiger partial charge is 0.484 e. The molecule has 3 rings (SSSR count). The van der Waals surface area contributed by atoms with Crippen LogP contribution in [0, 0.1) is 0 Å². The van der Waals surface area contributed by atoms with E-state index in [4.69, 9.17) is 9.15 Å². The molecule has 0 atom stereocenters. The molecule has 0 aliphatic rings. The highest BCUT2D eigenvalue weighted by Crippen LogP contribution is 2.23. The van der Waals surface area contributed by atoms with Gasteiger partial charge in [0.1, 0.15) is 11.3 Å². The lowest BCUT2D eigenvalue weighted by molar-refractivity contribution is -0.118. The molecule has 134 valence electrons. The van der Waals surface area contributed by atoms with Crippen molar-refractivity contribution in [2.24, 2.45) is 0 Å². The standard InChI is InChI=1S/C20H20N2O4/c1-12(2)20-22-17-10-15(6-9-18(17)26-20)21-19(24)11-25-16-7-4-14(5-8-16)13(3)23/h4-10,12H,11H2,1-3H3,(H,21,24). The van der Waals surface area contributed by atoms with Crippen molar-refractivity contribution in [2.75, 3.05) is 11.9 Å². The molecular weight excluding hydrogens is 332 g/mol. The highest BCUT2D eigenvalue weighted by Gasteiger charge is 2.11. The predicted octanol–water partition coefficient (Wildman–Crippen LogP) is 4.17. The normalized spacial score (nSPS) is 10.9. The van der Waals surface area contributed by atoms with Crippen LogP contribution in [-0.4, -0.2) is 23.3 Å². The van der Waals surface area contributed by atoms with Crippen LogP contribution in [-0.2, 0) is 4.79 Å². The SMILES string of the molecule is CC(=O)c1ccc(OCC(=O)Nc2ccc3oc(C(C)C)nc3c2)cc1. The Kier molecular flexibility index (Phi) is 5.02. The Morgan fingerprint density at radius 2 is 1.88 bits per heavy atom. The Labute approximate surface area is 151 Å². The number of nitrogens with zero attached hydrogens (tertiary/aromatic N) is 1.